The first kappa shape index (κ1) is 14.2. The molecule has 0 radical (unpaired) electrons. The second-order valence-corrected chi connectivity index (χ2v) is 4.50. The number of nitrogens with zero attached hydrogens (tertiary/aromatic N) is 2. The number of aliphatic hydroxyl groups excluding tert-OH is 2. The molecule has 0 aliphatic carbocycles. The lowest BCUT2D eigenvalue weighted by molar-refractivity contribution is -0.114. The smallest absolute Gasteiger partial charge is 0.221 e. The average Bonchev–Trinajstić information content (AvgIpc) is 2.86. The van der Waals surface area contributed by atoms with E-state index in [9.17, 15) is 9.90 Å². The minimum Gasteiger partial charge on any atom is -0.394 e. The third-order valence-corrected chi connectivity index (χ3v) is 2.77. The third-order valence-electron chi connectivity index (χ3n) is 2.77. The summed E-state index contributed by atoms with van der Waals surface area (Å²) in [6.07, 6.45) is 2.53. The SMILES string of the molecule is CC(=O)Nc1cccc(-c2nccn2CC(O)CO)c1. The van der Waals surface area contributed by atoms with Crippen molar-refractivity contribution in [1.29, 1.82) is 0 Å². The van der Waals surface area contributed by atoms with Crippen molar-refractivity contribution in [3.63, 3.8) is 0 Å². The van der Waals surface area contributed by atoms with Crippen LogP contribution in [0.2, 0.25) is 0 Å². The summed E-state index contributed by atoms with van der Waals surface area (Å²) in [6, 6.07) is 7.30. The van der Waals surface area contributed by atoms with Gasteiger partial charge in [0.15, 0.2) is 0 Å². The van der Waals surface area contributed by atoms with Crippen molar-refractivity contribution in [3.8, 4) is 11.4 Å². The van der Waals surface area contributed by atoms with Gasteiger partial charge in [-0.05, 0) is 12.1 Å². The molecule has 0 aliphatic heterocycles. The fraction of sp³-hybridized carbons (Fsp3) is 0.286. The van der Waals surface area contributed by atoms with Gasteiger partial charge in [-0.25, -0.2) is 4.98 Å². The Morgan fingerprint density at radius 1 is 1.50 bits per heavy atom. The molecular formula is C14H17N3O3. The van der Waals surface area contributed by atoms with Crippen molar-refractivity contribution in [1.82, 2.24) is 9.55 Å². The number of hydrogen-bond donors (Lipinski definition) is 3. The van der Waals surface area contributed by atoms with Crippen LogP contribution in [-0.4, -0.2) is 38.4 Å². The van der Waals surface area contributed by atoms with Gasteiger partial charge in [0.25, 0.3) is 0 Å². The van der Waals surface area contributed by atoms with E-state index in [4.69, 9.17) is 5.11 Å². The Morgan fingerprint density at radius 2 is 2.30 bits per heavy atom. The van der Waals surface area contributed by atoms with Gasteiger partial charge in [0.05, 0.1) is 19.3 Å². The third kappa shape index (κ3) is 3.43. The maximum atomic E-state index is 11.1. The maximum Gasteiger partial charge on any atom is 0.221 e. The summed E-state index contributed by atoms with van der Waals surface area (Å²) < 4.78 is 1.76. The van der Waals surface area contributed by atoms with Crippen LogP contribution in [-0.2, 0) is 11.3 Å². The lowest BCUT2D eigenvalue weighted by Crippen LogP contribution is -2.19. The molecule has 0 bridgehead atoms. The van der Waals surface area contributed by atoms with E-state index in [0.717, 1.165) is 5.56 Å². The van der Waals surface area contributed by atoms with E-state index in [-0.39, 0.29) is 19.1 Å². The first-order chi connectivity index (χ1) is 9.60. The molecule has 20 heavy (non-hydrogen) atoms. The standard InChI is InChI=1S/C14H17N3O3/c1-10(19)16-12-4-2-3-11(7-12)14-15-5-6-17(14)8-13(20)9-18/h2-7,13,18,20H,8-9H2,1H3,(H,16,19). The molecule has 3 N–H and O–H groups in total. The summed E-state index contributed by atoms with van der Waals surface area (Å²) in [4.78, 5) is 15.3. The monoisotopic (exact) mass is 275 g/mol. The van der Waals surface area contributed by atoms with E-state index >= 15 is 0 Å². The van der Waals surface area contributed by atoms with Crippen molar-refractivity contribution in [2.24, 2.45) is 0 Å². The zero-order valence-corrected chi connectivity index (χ0v) is 11.2. The highest BCUT2D eigenvalue weighted by molar-refractivity contribution is 5.89. The second-order valence-electron chi connectivity index (χ2n) is 4.50. The molecule has 1 atom stereocenters. The maximum absolute atomic E-state index is 11.1. The van der Waals surface area contributed by atoms with E-state index in [1.807, 2.05) is 18.2 Å². The molecule has 1 heterocycles. The van der Waals surface area contributed by atoms with E-state index < -0.39 is 6.10 Å². The summed E-state index contributed by atoms with van der Waals surface area (Å²) in [6.45, 7) is 1.41. The largest absolute Gasteiger partial charge is 0.394 e. The molecule has 6 nitrogen and oxygen atoms in total. The average molecular weight is 275 g/mol. The molecule has 2 aromatic rings. The fourth-order valence-corrected chi connectivity index (χ4v) is 1.94. The van der Waals surface area contributed by atoms with Gasteiger partial charge < -0.3 is 20.1 Å². The number of aromatic nitrogens is 2. The zero-order valence-electron chi connectivity index (χ0n) is 11.2. The zero-order chi connectivity index (χ0) is 14.5. The Bertz CT molecular complexity index is 595. The molecule has 106 valence electrons. The van der Waals surface area contributed by atoms with E-state index in [1.54, 1.807) is 23.0 Å². The summed E-state index contributed by atoms with van der Waals surface area (Å²) in [7, 11) is 0. The lowest BCUT2D eigenvalue weighted by atomic mass is 10.2. The van der Waals surface area contributed by atoms with Crippen molar-refractivity contribution in [2.45, 2.75) is 19.6 Å². The summed E-state index contributed by atoms with van der Waals surface area (Å²) in [5.74, 6) is 0.533. The van der Waals surface area contributed by atoms with Crippen LogP contribution in [0.1, 0.15) is 6.92 Å². The molecule has 1 amide bonds. The Labute approximate surface area is 116 Å². The van der Waals surface area contributed by atoms with Crippen molar-refractivity contribution in [2.75, 3.05) is 11.9 Å². The molecule has 0 spiro atoms. The number of carbonyl (C=O) groups is 1. The van der Waals surface area contributed by atoms with Crippen molar-refractivity contribution < 1.29 is 15.0 Å². The molecule has 0 aliphatic rings. The van der Waals surface area contributed by atoms with E-state index in [2.05, 4.69) is 10.3 Å². The molecule has 6 heteroatoms. The Kier molecular flexibility index (Phi) is 4.49. The Balaban J connectivity index is 2.27. The molecule has 2 rings (SSSR count). The van der Waals surface area contributed by atoms with Gasteiger partial charge in [0.2, 0.25) is 5.91 Å². The molecular weight excluding hydrogens is 258 g/mol. The lowest BCUT2D eigenvalue weighted by Gasteiger charge is -2.12. The predicted molar refractivity (Wildman–Crippen MR) is 75.1 cm³/mol. The van der Waals surface area contributed by atoms with Gasteiger partial charge in [0, 0.05) is 30.6 Å². The van der Waals surface area contributed by atoms with Crippen LogP contribution in [0, 0.1) is 0 Å². The first-order valence-electron chi connectivity index (χ1n) is 6.28. The van der Waals surface area contributed by atoms with E-state index in [0.29, 0.717) is 11.5 Å². The van der Waals surface area contributed by atoms with Crippen LogP contribution in [0.15, 0.2) is 36.7 Å². The molecule has 1 unspecified atom stereocenters. The number of aliphatic hydroxyl groups is 2. The number of anilines is 1. The van der Waals surface area contributed by atoms with Crippen LogP contribution in [0.5, 0.6) is 0 Å². The normalized spacial score (nSPS) is 12.2. The number of nitrogens with one attached hydrogen (secondary N) is 1. The van der Waals surface area contributed by atoms with Gasteiger partial charge in [-0.3, -0.25) is 4.79 Å². The van der Waals surface area contributed by atoms with Crippen LogP contribution >= 0.6 is 0 Å². The predicted octanol–water partition coefficient (Wildman–Crippen LogP) is 0.862. The number of hydrogen-bond acceptors (Lipinski definition) is 4. The summed E-state index contributed by atoms with van der Waals surface area (Å²) in [5.41, 5.74) is 1.51. The summed E-state index contributed by atoms with van der Waals surface area (Å²) in [5, 5.41) is 21.1. The number of amides is 1. The minimum atomic E-state index is -0.832. The van der Waals surface area contributed by atoms with Crippen LogP contribution in [0.25, 0.3) is 11.4 Å². The quantitative estimate of drug-likeness (QED) is 0.755. The van der Waals surface area contributed by atoms with Gasteiger partial charge in [-0.1, -0.05) is 12.1 Å². The van der Waals surface area contributed by atoms with Gasteiger partial charge >= 0.3 is 0 Å². The van der Waals surface area contributed by atoms with Crippen LogP contribution < -0.4 is 5.32 Å². The highest BCUT2D eigenvalue weighted by Crippen LogP contribution is 2.21. The molecule has 0 saturated heterocycles. The van der Waals surface area contributed by atoms with Gasteiger partial charge in [-0.15, -0.1) is 0 Å². The second kappa shape index (κ2) is 6.31. The fourth-order valence-electron chi connectivity index (χ4n) is 1.94. The van der Waals surface area contributed by atoms with Crippen LogP contribution in [0.4, 0.5) is 5.69 Å². The summed E-state index contributed by atoms with van der Waals surface area (Å²) >= 11 is 0. The highest BCUT2D eigenvalue weighted by Gasteiger charge is 2.10. The van der Waals surface area contributed by atoms with Crippen molar-refractivity contribution >= 4 is 11.6 Å². The topological polar surface area (TPSA) is 87.4 Å². The molecule has 0 fully saturated rings. The van der Waals surface area contributed by atoms with Crippen LogP contribution in [0.3, 0.4) is 0 Å². The highest BCUT2D eigenvalue weighted by atomic mass is 16.3. The Morgan fingerprint density at radius 3 is 3.00 bits per heavy atom. The van der Waals surface area contributed by atoms with Gasteiger partial charge in [-0.2, -0.15) is 0 Å². The Hall–Kier alpha value is -2.18. The van der Waals surface area contributed by atoms with E-state index in [1.165, 1.54) is 6.92 Å². The number of benzene rings is 1. The molecule has 1 aromatic heterocycles. The number of rotatable bonds is 5. The van der Waals surface area contributed by atoms with Crippen molar-refractivity contribution in [3.05, 3.63) is 36.7 Å². The first-order valence-corrected chi connectivity index (χ1v) is 6.28. The minimum absolute atomic E-state index is 0.138. The molecule has 0 saturated carbocycles. The number of carbonyl (C=O) groups excluding carboxylic acids is 1. The number of imidazole rings is 1. The molecule has 1 aromatic carbocycles. The van der Waals surface area contributed by atoms with Gasteiger partial charge in [0.1, 0.15) is 5.82 Å².